The lowest BCUT2D eigenvalue weighted by atomic mass is 9.84. The maximum Gasteiger partial charge on any atom is 0.240 e. The van der Waals surface area contributed by atoms with Gasteiger partial charge in [-0.25, -0.2) is 8.60 Å². The summed E-state index contributed by atoms with van der Waals surface area (Å²) in [5.41, 5.74) is 4.97. The van der Waals surface area contributed by atoms with Gasteiger partial charge < -0.3 is 13.7 Å². The molecule has 5 nitrogen and oxygen atoms in total. The highest BCUT2D eigenvalue weighted by Crippen LogP contribution is 2.42. The van der Waals surface area contributed by atoms with E-state index in [9.17, 15) is 8.60 Å². The standard InChI is InChI=1S/C25H24FNO4S/c1-29-20-6-7-22-16(10-20)8-9-27-15-18-13-24(30-2)25(12-17(18)11-23(22)27)31-32(28)21-5-3-4-19(26)14-21/h3-7,10,12-14,23H,8-9,11,15H2,1-2H3. The molecule has 3 aromatic rings. The minimum Gasteiger partial charge on any atom is -0.497 e. The summed E-state index contributed by atoms with van der Waals surface area (Å²) in [5.74, 6) is 1.35. The minimum absolute atomic E-state index is 0.270. The Labute approximate surface area is 189 Å². The van der Waals surface area contributed by atoms with Gasteiger partial charge in [0, 0.05) is 19.1 Å². The summed E-state index contributed by atoms with van der Waals surface area (Å²) in [6.07, 6.45) is 1.81. The molecule has 2 unspecified atom stereocenters. The molecule has 0 spiro atoms. The first-order chi connectivity index (χ1) is 15.6. The van der Waals surface area contributed by atoms with E-state index < -0.39 is 16.9 Å². The van der Waals surface area contributed by atoms with Gasteiger partial charge in [-0.3, -0.25) is 4.90 Å². The van der Waals surface area contributed by atoms with Crippen LogP contribution >= 0.6 is 0 Å². The van der Waals surface area contributed by atoms with Crippen molar-refractivity contribution in [2.75, 3.05) is 20.8 Å². The van der Waals surface area contributed by atoms with Gasteiger partial charge in [-0.15, -0.1) is 0 Å². The number of methoxy groups -OCH3 is 2. The molecule has 0 aliphatic carbocycles. The molecule has 0 N–H and O–H groups in total. The van der Waals surface area contributed by atoms with Gasteiger partial charge in [-0.1, -0.05) is 12.1 Å². The molecule has 166 valence electrons. The third kappa shape index (κ3) is 3.87. The van der Waals surface area contributed by atoms with Gasteiger partial charge >= 0.3 is 0 Å². The second-order valence-corrected chi connectivity index (χ2v) is 9.16. The van der Waals surface area contributed by atoms with Crippen molar-refractivity contribution in [2.45, 2.75) is 30.3 Å². The lowest BCUT2D eigenvalue weighted by Gasteiger charge is -2.41. The Morgan fingerprint density at radius 3 is 2.59 bits per heavy atom. The first kappa shape index (κ1) is 21.0. The molecule has 32 heavy (non-hydrogen) atoms. The van der Waals surface area contributed by atoms with E-state index in [4.69, 9.17) is 13.7 Å². The third-order valence-electron chi connectivity index (χ3n) is 6.24. The highest BCUT2D eigenvalue weighted by Gasteiger charge is 2.33. The second kappa shape index (κ2) is 8.56. The fraction of sp³-hybridized carbons (Fsp3) is 0.280. The maximum absolute atomic E-state index is 13.5. The van der Waals surface area contributed by atoms with E-state index in [1.807, 2.05) is 18.2 Å². The molecule has 0 fully saturated rings. The van der Waals surface area contributed by atoms with Gasteiger partial charge in [0.05, 0.1) is 19.1 Å². The van der Waals surface area contributed by atoms with Crippen LogP contribution in [0.25, 0.3) is 0 Å². The summed E-state index contributed by atoms with van der Waals surface area (Å²) in [5, 5.41) is 0. The molecule has 2 atom stereocenters. The molecule has 3 aromatic carbocycles. The fourth-order valence-electron chi connectivity index (χ4n) is 4.63. The van der Waals surface area contributed by atoms with Crippen LogP contribution in [0.1, 0.15) is 28.3 Å². The van der Waals surface area contributed by atoms with Crippen molar-refractivity contribution in [1.82, 2.24) is 4.90 Å². The van der Waals surface area contributed by atoms with E-state index in [1.54, 1.807) is 20.3 Å². The number of rotatable bonds is 5. The SMILES string of the molecule is COc1ccc2c(c1)CCN1Cc3cc(OC)c(OS(=O)c4cccc(F)c4)cc3CC21. The Morgan fingerprint density at radius 2 is 1.81 bits per heavy atom. The maximum atomic E-state index is 13.5. The smallest absolute Gasteiger partial charge is 0.240 e. The number of ether oxygens (including phenoxy) is 2. The van der Waals surface area contributed by atoms with Crippen LogP contribution < -0.4 is 13.7 Å². The molecule has 0 radical (unpaired) electrons. The Balaban J connectivity index is 1.46. The first-order valence-corrected chi connectivity index (χ1v) is 11.6. The lowest BCUT2D eigenvalue weighted by Crippen LogP contribution is -2.39. The predicted octanol–water partition coefficient (Wildman–Crippen LogP) is 4.60. The molecule has 0 aromatic heterocycles. The number of halogens is 1. The van der Waals surface area contributed by atoms with Crippen molar-refractivity contribution < 1.29 is 22.3 Å². The summed E-state index contributed by atoms with van der Waals surface area (Å²) in [6, 6.07) is 16.1. The van der Waals surface area contributed by atoms with E-state index in [1.165, 1.54) is 34.9 Å². The zero-order chi connectivity index (χ0) is 22.2. The highest BCUT2D eigenvalue weighted by molar-refractivity contribution is 7.80. The summed E-state index contributed by atoms with van der Waals surface area (Å²) in [4.78, 5) is 2.76. The highest BCUT2D eigenvalue weighted by atomic mass is 32.2. The van der Waals surface area contributed by atoms with Gasteiger partial charge in [-0.2, -0.15) is 0 Å². The van der Waals surface area contributed by atoms with Crippen LogP contribution in [0.5, 0.6) is 17.2 Å². The number of hydrogen-bond acceptors (Lipinski definition) is 5. The Kier molecular flexibility index (Phi) is 5.61. The summed E-state index contributed by atoms with van der Waals surface area (Å²) in [7, 11) is 3.26. The topological polar surface area (TPSA) is 48.0 Å². The molecule has 7 heteroatoms. The monoisotopic (exact) mass is 453 g/mol. The molecule has 0 bridgehead atoms. The largest absolute Gasteiger partial charge is 0.497 e. The number of fused-ring (bicyclic) bond motifs is 4. The van der Waals surface area contributed by atoms with Crippen LogP contribution in [-0.4, -0.2) is 29.9 Å². The van der Waals surface area contributed by atoms with Crippen molar-refractivity contribution >= 4 is 11.1 Å². The summed E-state index contributed by atoms with van der Waals surface area (Å²) < 4.78 is 42.9. The number of hydrogen-bond donors (Lipinski definition) is 0. The molecule has 0 saturated carbocycles. The zero-order valence-electron chi connectivity index (χ0n) is 18.0. The van der Waals surface area contributed by atoms with Crippen molar-refractivity contribution in [3.63, 3.8) is 0 Å². The second-order valence-electron chi connectivity index (χ2n) is 8.05. The lowest BCUT2D eigenvalue weighted by molar-refractivity contribution is 0.160. The van der Waals surface area contributed by atoms with E-state index >= 15 is 0 Å². The predicted molar refractivity (Wildman–Crippen MR) is 120 cm³/mol. The van der Waals surface area contributed by atoms with Crippen molar-refractivity contribution in [3.8, 4) is 17.2 Å². The number of nitrogens with zero attached hydrogens (tertiary/aromatic N) is 1. The zero-order valence-corrected chi connectivity index (χ0v) is 18.8. The first-order valence-electron chi connectivity index (χ1n) is 10.5. The van der Waals surface area contributed by atoms with E-state index in [0.29, 0.717) is 11.5 Å². The van der Waals surface area contributed by atoms with Crippen LogP contribution in [0.2, 0.25) is 0 Å². The fourth-order valence-corrected chi connectivity index (χ4v) is 5.42. The van der Waals surface area contributed by atoms with Gasteiger partial charge in [0.1, 0.15) is 11.6 Å². The number of benzene rings is 3. The van der Waals surface area contributed by atoms with E-state index in [-0.39, 0.29) is 10.9 Å². The molecular weight excluding hydrogens is 429 g/mol. The molecule has 2 heterocycles. The normalized spacial score (nSPS) is 18.2. The molecule has 2 aliphatic heterocycles. The average Bonchev–Trinajstić information content (AvgIpc) is 2.82. The van der Waals surface area contributed by atoms with Crippen LogP contribution in [0.4, 0.5) is 4.39 Å². The van der Waals surface area contributed by atoms with E-state index in [2.05, 4.69) is 17.0 Å². The molecule has 2 aliphatic rings. The van der Waals surface area contributed by atoms with Crippen LogP contribution in [-0.2, 0) is 30.5 Å². The summed E-state index contributed by atoms with van der Waals surface area (Å²) in [6.45, 7) is 1.80. The minimum atomic E-state index is -1.85. The third-order valence-corrected chi connectivity index (χ3v) is 7.21. The van der Waals surface area contributed by atoms with Gasteiger partial charge in [-0.05, 0) is 77.6 Å². The Bertz CT molecular complexity index is 1200. The van der Waals surface area contributed by atoms with Gasteiger partial charge in [0.2, 0.25) is 11.1 Å². The van der Waals surface area contributed by atoms with Crippen molar-refractivity contribution in [1.29, 1.82) is 0 Å². The van der Waals surface area contributed by atoms with Gasteiger partial charge in [0.15, 0.2) is 11.5 Å². The Hall–Kier alpha value is -2.90. The quantitative estimate of drug-likeness (QED) is 0.565. The summed E-state index contributed by atoms with van der Waals surface area (Å²) >= 11 is -1.85. The average molecular weight is 454 g/mol. The van der Waals surface area contributed by atoms with Gasteiger partial charge in [0.25, 0.3) is 0 Å². The van der Waals surface area contributed by atoms with Crippen LogP contribution in [0.3, 0.4) is 0 Å². The molecular formula is C25H24FNO4S. The van der Waals surface area contributed by atoms with Crippen molar-refractivity contribution in [2.24, 2.45) is 0 Å². The van der Waals surface area contributed by atoms with Crippen molar-refractivity contribution in [3.05, 3.63) is 82.7 Å². The van der Waals surface area contributed by atoms with E-state index in [0.717, 1.165) is 37.2 Å². The van der Waals surface area contributed by atoms with Crippen LogP contribution in [0, 0.1) is 5.82 Å². The van der Waals surface area contributed by atoms with Crippen LogP contribution in [0.15, 0.2) is 59.5 Å². The molecule has 0 saturated heterocycles. The molecule has 5 rings (SSSR count). The Morgan fingerprint density at radius 1 is 0.969 bits per heavy atom. The molecule has 0 amide bonds.